The molecule has 2 rings (SSSR count). The standard InChI is InChI=1S/C7H12BO/c1-3-9-4-2-7(1)5-8-6-7/h1-6H2. The maximum atomic E-state index is 5.29. The zero-order valence-electron chi connectivity index (χ0n) is 5.73. The Morgan fingerprint density at radius 3 is 2.11 bits per heavy atom. The van der Waals surface area contributed by atoms with Crippen molar-refractivity contribution in [2.45, 2.75) is 25.5 Å². The number of hydrogen-bond acceptors (Lipinski definition) is 1. The van der Waals surface area contributed by atoms with E-state index in [2.05, 4.69) is 7.28 Å². The van der Waals surface area contributed by atoms with E-state index in [-0.39, 0.29) is 0 Å². The molecule has 2 aliphatic heterocycles. The van der Waals surface area contributed by atoms with E-state index in [1.54, 1.807) is 0 Å². The molecule has 9 heavy (non-hydrogen) atoms. The first-order chi connectivity index (χ1) is 4.41. The zero-order valence-corrected chi connectivity index (χ0v) is 5.73. The van der Waals surface area contributed by atoms with Crippen LogP contribution in [0.4, 0.5) is 0 Å². The highest BCUT2D eigenvalue weighted by Crippen LogP contribution is 2.45. The normalized spacial score (nSPS) is 31.1. The summed E-state index contributed by atoms with van der Waals surface area (Å²) in [5, 5.41) is 0. The molecule has 2 heteroatoms. The maximum Gasteiger partial charge on any atom is 0.110 e. The van der Waals surface area contributed by atoms with Gasteiger partial charge in [0, 0.05) is 13.2 Å². The van der Waals surface area contributed by atoms with E-state index in [4.69, 9.17) is 4.74 Å². The van der Waals surface area contributed by atoms with Crippen LogP contribution in [0.1, 0.15) is 12.8 Å². The Morgan fingerprint density at radius 2 is 1.78 bits per heavy atom. The second kappa shape index (κ2) is 2.01. The van der Waals surface area contributed by atoms with E-state index in [1.165, 1.54) is 25.5 Å². The lowest BCUT2D eigenvalue weighted by Gasteiger charge is -2.44. The van der Waals surface area contributed by atoms with Gasteiger partial charge in [0.15, 0.2) is 0 Å². The van der Waals surface area contributed by atoms with Crippen molar-refractivity contribution < 1.29 is 4.74 Å². The van der Waals surface area contributed by atoms with Crippen molar-refractivity contribution >= 4 is 7.28 Å². The lowest BCUT2D eigenvalue weighted by molar-refractivity contribution is 0.0254. The monoisotopic (exact) mass is 123 g/mol. The predicted molar refractivity (Wildman–Crippen MR) is 37.9 cm³/mol. The van der Waals surface area contributed by atoms with Crippen molar-refractivity contribution in [3.63, 3.8) is 0 Å². The predicted octanol–water partition coefficient (Wildman–Crippen LogP) is 1.34. The van der Waals surface area contributed by atoms with Crippen LogP contribution in [0.25, 0.3) is 0 Å². The number of ether oxygens (including phenoxy) is 1. The highest BCUT2D eigenvalue weighted by molar-refractivity contribution is 6.40. The molecule has 0 bridgehead atoms. The summed E-state index contributed by atoms with van der Waals surface area (Å²) in [5.74, 6) is 0. The molecule has 49 valence electrons. The van der Waals surface area contributed by atoms with Crippen LogP contribution in [0.15, 0.2) is 0 Å². The summed E-state index contributed by atoms with van der Waals surface area (Å²) in [6.45, 7) is 2.02. The highest BCUT2D eigenvalue weighted by atomic mass is 16.5. The van der Waals surface area contributed by atoms with Crippen LogP contribution in [0.5, 0.6) is 0 Å². The van der Waals surface area contributed by atoms with E-state index in [0.29, 0.717) is 0 Å². The van der Waals surface area contributed by atoms with Crippen LogP contribution >= 0.6 is 0 Å². The van der Waals surface area contributed by atoms with Crippen molar-refractivity contribution in [1.29, 1.82) is 0 Å². The quantitative estimate of drug-likeness (QED) is 0.441. The number of hydrogen-bond donors (Lipinski definition) is 0. The van der Waals surface area contributed by atoms with E-state index in [0.717, 1.165) is 18.6 Å². The van der Waals surface area contributed by atoms with Crippen LogP contribution in [0.3, 0.4) is 0 Å². The Balaban J connectivity index is 1.93. The second-order valence-corrected chi connectivity index (χ2v) is 3.31. The van der Waals surface area contributed by atoms with Crippen LogP contribution in [-0.4, -0.2) is 20.5 Å². The molecule has 0 N–H and O–H groups in total. The maximum absolute atomic E-state index is 5.29. The molecule has 0 aromatic rings. The third-order valence-corrected chi connectivity index (χ3v) is 2.71. The van der Waals surface area contributed by atoms with Crippen molar-refractivity contribution in [3.05, 3.63) is 0 Å². The third kappa shape index (κ3) is 0.897. The minimum absolute atomic E-state index is 0.720. The Hall–Kier alpha value is 0.0249. The Labute approximate surface area is 57.0 Å². The first-order valence-electron chi connectivity index (χ1n) is 3.81. The SMILES string of the molecule is [B]1CC2(C1)CCOCC2. The molecule has 1 spiro atoms. The zero-order chi connectivity index (χ0) is 6.16. The molecular formula is C7H12BO. The summed E-state index contributed by atoms with van der Waals surface area (Å²) < 4.78 is 5.29. The summed E-state index contributed by atoms with van der Waals surface area (Å²) >= 11 is 0. The van der Waals surface area contributed by atoms with Gasteiger partial charge in [-0.25, -0.2) is 0 Å². The van der Waals surface area contributed by atoms with Crippen LogP contribution < -0.4 is 0 Å². The lowest BCUT2D eigenvalue weighted by Crippen LogP contribution is -2.38. The van der Waals surface area contributed by atoms with Gasteiger partial charge in [0.05, 0.1) is 0 Å². The van der Waals surface area contributed by atoms with E-state index in [1.807, 2.05) is 0 Å². The molecule has 2 aliphatic rings. The average molecular weight is 123 g/mol. The molecule has 0 unspecified atom stereocenters. The molecular weight excluding hydrogens is 111 g/mol. The number of rotatable bonds is 0. The molecule has 0 saturated carbocycles. The van der Waals surface area contributed by atoms with E-state index < -0.39 is 0 Å². The minimum Gasteiger partial charge on any atom is -0.381 e. The molecule has 0 amide bonds. The summed E-state index contributed by atoms with van der Waals surface area (Å²) in [4.78, 5) is 0. The topological polar surface area (TPSA) is 9.23 Å². The summed E-state index contributed by atoms with van der Waals surface area (Å²) in [6, 6.07) is 0. The molecule has 0 atom stereocenters. The fourth-order valence-electron chi connectivity index (χ4n) is 1.77. The van der Waals surface area contributed by atoms with Crippen molar-refractivity contribution in [1.82, 2.24) is 0 Å². The lowest BCUT2D eigenvalue weighted by atomic mass is 9.41. The Morgan fingerprint density at radius 1 is 1.11 bits per heavy atom. The van der Waals surface area contributed by atoms with Gasteiger partial charge in [0.1, 0.15) is 7.28 Å². The van der Waals surface area contributed by atoms with Crippen LogP contribution in [0, 0.1) is 5.41 Å². The van der Waals surface area contributed by atoms with Gasteiger partial charge < -0.3 is 4.74 Å². The smallest absolute Gasteiger partial charge is 0.110 e. The second-order valence-electron chi connectivity index (χ2n) is 3.31. The molecule has 0 aromatic carbocycles. The van der Waals surface area contributed by atoms with Gasteiger partial charge in [0.2, 0.25) is 0 Å². The van der Waals surface area contributed by atoms with Crippen LogP contribution in [-0.2, 0) is 4.74 Å². The molecule has 1 radical (unpaired) electrons. The average Bonchev–Trinajstić information content (AvgIpc) is 1.87. The molecule has 1 nitrogen and oxygen atoms in total. The first kappa shape index (κ1) is 5.78. The minimum atomic E-state index is 0.720. The summed E-state index contributed by atoms with van der Waals surface area (Å²) in [6.07, 6.45) is 5.33. The summed E-state index contributed by atoms with van der Waals surface area (Å²) in [7, 11) is 2.39. The van der Waals surface area contributed by atoms with Gasteiger partial charge in [-0.2, -0.15) is 0 Å². The fraction of sp³-hybridized carbons (Fsp3) is 1.00. The molecule has 0 aromatic heterocycles. The van der Waals surface area contributed by atoms with E-state index in [9.17, 15) is 0 Å². The largest absolute Gasteiger partial charge is 0.381 e. The molecule has 2 heterocycles. The highest BCUT2D eigenvalue weighted by Gasteiger charge is 2.38. The first-order valence-corrected chi connectivity index (χ1v) is 3.81. The fourth-order valence-corrected chi connectivity index (χ4v) is 1.77. The van der Waals surface area contributed by atoms with Gasteiger partial charge in [-0.15, -0.1) is 0 Å². The van der Waals surface area contributed by atoms with Crippen molar-refractivity contribution in [3.8, 4) is 0 Å². The molecule has 2 saturated heterocycles. The van der Waals surface area contributed by atoms with Gasteiger partial charge in [-0.1, -0.05) is 12.6 Å². The van der Waals surface area contributed by atoms with Gasteiger partial charge in [-0.3, -0.25) is 0 Å². The molecule has 0 aliphatic carbocycles. The Bertz CT molecular complexity index is 101. The van der Waals surface area contributed by atoms with E-state index >= 15 is 0 Å². The van der Waals surface area contributed by atoms with Crippen LogP contribution in [0.2, 0.25) is 12.6 Å². The molecule has 2 fully saturated rings. The Kier molecular flexibility index (Phi) is 1.29. The third-order valence-electron chi connectivity index (χ3n) is 2.71. The van der Waals surface area contributed by atoms with Gasteiger partial charge >= 0.3 is 0 Å². The van der Waals surface area contributed by atoms with Gasteiger partial charge in [-0.05, 0) is 18.3 Å². The van der Waals surface area contributed by atoms with Crippen molar-refractivity contribution in [2.75, 3.05) is 13.2 Å². The summed E-state index contributed by atoms with van der Waals surface area (Å²) in [5.41, 5.74) is 0.720. The van der Waals surface area contributed by atoms with Crippen molar-refractivity contribution in [2.24, 2.45) is 5.41 Å². The van der Waals surface area contributed by atoms with Gasteiger partial charge in [0.25, 0.3) is 0 Å².